The standard InChI is InChI=1S/C20H24F3N5O4/c1-11-6-14(32-28-11)8-17(29)24-16-9-15(26-27-16)12-2-3-13(7-12)31-18(30)25-19(4-5-19)10-20(21,22)23/h6,9,12-13H,2-5,7-8,10H2,1H3,(H,25,30)(H2,24,26,27,29)/t12-,13?/m0/s1. The van der Waals surface area contributed by atoms with Gasteiger partial charge in [0.2, 0.25) is 5.91 Å². The lowest BCUT2D eigenvalue weighted by molar-refractivity contribution is -0.141. The van der Waals surface area contributed by atoms with E-state index in [4.69, 9.17) is 9.26 Å². The predicted molar refractivity (Wildman–Crippen MR) is 105 cm³/mol. The molecule has 2 aromatic rings. The Hall–Kier alpha value is -3.05. The van der Waals surface area contributed by atoms with Gasteiger partial charge in [-0.05, 0) is 39.0 Å². The maximum absolute atomic E-state index is 12.6. The highest BCUT2D eigenvalue weighted by molar-refractivity contribution is 5.91. The zero-order valence-electron chi connectivity index (χ0n) is 17.4. The van der Waals surface area contributed by atoms with E-state index in [1.54, 1.807) is 19.1 Å². The molecule has 12 heteroatoms. The molecule has 0 radical (unpaired) electrons. The third-order valence-electron chi connectivity index (χ3n) is 5.73. The molecular weight excluding hydrogens is 431 g/mol. The summed E-state index contributed by atoms with van der Waals surface area (Å²) in [6, 6.07) is 3.40. The molecule has 174 valence electrons. The highest BCUT2D eigenvalue weighted by Crippen LogP contribution is 2.44. The molecule has 0 aromatic carbocycles. The first-order valence-corrected chi connectivity index (χ1v) is 10.4. The summed E-state index contributed by atoms with van der Waals surface area (Å²) in [5.74, 6) is 0.559. The van der Waals surface area contributed by atoms with Crippen LogP contribution in [0.4, 0.5) is 23.8 Å². The van der Waals surface area contributed by atoms with Gasteiger partial charge >= 0.3 is 12.3 Å². The number of anilines is 1. The van der Waals surface area contributed by atoms with Crippen molar-refractivity contribution in [2.24, 2.45) is 0 Å². The number of alkyl halides is 3. The van der Waals surface area contributed by atoms with Crippen LogP contribution in [-0.2, 0) is 16.0 Å². The lowest BCUT2D eigenvalue weighted by atomic mass is 10.0. The fraction of sp³-hybridized carbons (Fsp3) is 0.600. The lowest BCUT2D eigenvalue weighted by Gasteiger charge is -2.20. The summed E-state index contributed by atoms with van der Waals surface area (Å²) in [5.41, 5.74) is 0.265. The quantitative estimate of drug-likeness (QED) is 0.585. The molecular formula is C20H24F3N5O4. The van der Waals surface area contributed by atoms with E-state index in [-0.39, 0.29) is 18.2 Å². The van der Waals surface area contributed by atoms with Gasteiger partial charge in [-0.25, -0.2) is 4.79 Å². The average Bonchev–Trinajstić information content (AvgIpc) is 3.08. The molecule has 2 aliphatic carbocycles. The number of aromatic amines is 1. The Kier molecular flexibility index (Phi) is 5.87. The Morgan fingerprint density at radius 1 is 1.31 bits per heavy atom. The number of amides is 2. The molecule has 2 heterocycles. The van der Waals surface area contributed by atoms with Crippen molar-refractivity contribution in [2.75, 3.05) is 5.32 Å². The van der Waals surface area contributed by atoms with Crippen LogP contribution >= 0.6 is 0 Å². The second-order valence-electron chi connectivity index (χ2n) is 8.60. The number of carbonyl (C=O) groups excluding carboxylic acids is 2. The molecule has 0 bridgehead atoms. The number of ether oxygens (including phenoxy) is 1. The second-order valence-corrected chi connectivity index (χ2v) is 8.60. The highest BCUT2D eigenvalue weighted by Gasteiger charge is 2.52. The molecule has 0 aliphatic heterocycles. The van der Waals surface area contributed by atoms with Crippen molar-refractivity contribution < 1.29 is 32.0 Å². The number of carbonyl (C=O) groups is 2. The number of halogens is 3. The van der Waals surface area contributed by atoms with E-state index in [9.17, 15) is 22.8 Å². The normalized spacial score (nSPS) is 21.9. The summed E-state index contributed by atoms with van der Waals surface area (Å²) in [5, 5.41) is 15.8. The number of rotatable bonds is 7. The van der Waals surface area contributed by atoms with E-state index >= 15 is 0 Å². The van der Waals surface area contributed by atoms with Crippen LogP contribution in [-0.4, -0.2) is 45.2 Å². The van der Waals surface area contributed by atoms with Gasteiger partial charge in [0.25, 0.3) is 0 Å². The Balaban J connectivity index is 1.24. The van der Waals surface area contributed by atoms with E-state index in [2.05, 4.69) is 26.0 Å². The third kappa shape index (κ3) is 5.80. The monoisotopic (exact) mass is 455 g/mol. The summed E-state index contributed by atoms with van der Waals surface area (Å²) < 4.78 is 48.3. The number of aryl methyl sites for hydroxylation is 1. The topological polar surface area (TPSA) is 122 Å². The molecule has 2 saturated carbocycles. The summed E-state index contributed by atoms with van der Waals surface area (Å²) in [4.78, 5) is 24.2. The van der Waals surface area contributed by atoms with Crippen LogP contribution in [0.1, 0.15) is 61.6 Å². The van der Waals surface area contributed by atoms with Crippen LogP contribution in [0.15, 0.2) is 16.7 Å². The van der Waals surface area contributed by atoms with Crippen LogP contribution < -0.4 is 10.6 Å². The van der Waals surface area contributed by atoms with Crippen molar-refractivity contribution in [3.63, 3.8) is 0 Å². The summed E-state index contributed by atoms with van der Waals surface area (Å²) >= 11 is 0. The highest BCUT2D eigenvalue weighted by atomic mass is 19.4. The number of aromatic nitrogens is 3. The Morgan fingerprint density at radius 3 is 2.75 bits per heavy atom. The largest absolute Gasteiger partial charge is 0.446 e. The molecule has 9 nitrogen and oxygen atoms in total. The molecule has 32 heavy (non-hydrogen) atoms. The van der Waals surface area contributed by atoms with Gasteiger partial charge in [-0.3, -0.25) is 9.89 Å². The number of hydrogen-bond donors (Lipinski definition) is 3. The maximum atomic E-state index is 12.6. The maximum Gasteiger partial charge on any atom is 0.407 e. The second kappa shape index (κ2) is 8.47. The van der Waals surface area contributed by atoms with E-state index in [0.717, 1.165) is 12.1 Å². The lowest BCUT2D eigenvalue weighted by Crippen LogP contribution is -2.41. The van der Waals surface area contributed by atoms with Crippen molar-refractivity contribution in [1.82, 2.24) is 20.7 Å². The van der Waals surface area contributed by atoms with Gasteiger partial charge in [-0.15, -0.1) is 0 Å². The predicted octanol–water partition coefficient (Wildman–Crippen LogP) is 3.73. The van der Waals surface area contributed by atoms with Crippen molar-refractivity contribution in [3.05, 3.63) is 29.3 Å². The molecule has 2 amide bonds. The van der Waals surface area contributed by atoms with Gasteiger partial charge in [0.15, 0.2) is 5.82 Å². The zero-order valence-corrected chi connectivity index (χ0v) is 17.4. The number of H-pyrrole nitrogens is 1. The van der Waals surface area contributed by atoms with Gasteiger partial charge in [0.05, 0.1) is 24.1 Å². The fourth-order valence-electron chi connectivity index (χ4n) is 4.06. The van der Waals surface area contributed by atoms with Gasteiger partial charge in [-0.2, -0.15) is 18.3 Å². The zero-order chi connectivity index (χ0) is 22.9. The first-order chi connectivity index (χ1) is 15.1. The van der Waals surface area contributed by atoms with Crippen LogP contribution in [0.2, 0.25) is 0 Å². The molecule has 3 N–H and O–H groups in total. The SMILES string of the molecule is Cc1cc(CC(=O)Nc2cc([C@H]3CCC(OC(=O)NC4(CC(F)(F)F)CC4)C3)[nH]n2)on1. The minimum Gasteiger partial charge on any atom is -0.446 e. The minimum atomic E-state index is -4.33. The first kappa shape index (κ1) is 22.2. The fourth-order valence-corrected chi connectivity index (χ4v) is 4.06. The van der Waals surface area contributed by atoms with Gasteiger partial charge in [-0.1, -0.05) is 5.16 Å². The number of alkyl carbamates (subject to hydrolysis) is 1. The van der Waals surface area contributed by atoms with Gasteiger partial charge in [0, 0.05) is 23.7 Å². The molecule has 2 aliphatic rings. The first-order valence-electron chi connectivity index (χ1n) is 10.4. The van der Waals surface area contributed by atoms with E-state index in [0.29, 0.717) is 43.0 Å². The van der Waals surface area contributed by atoms with Crippen LogP contribution in [0, 0.1) is 6.92 Å². The van der Waals surface area contributed by atoms with Crippen molar-refractivity contribution in [1.29, 1.82) is 0 Å². The molecule has 2 fully saturated rings. The molecule has 0 spiro atoms. The van der Waals surface area contributed by atoms with Gasteiger partial charge in [0.1, 0.15) is 11.9 Å². The van der Waals surface area contributed by atoms with E-state index in [1.165, 1.54) is 0 Å². The van der Waals surface area contributed by atoms with Crippen molar-refractivity contribution >= 4 is 17.8 Å². The third-order valence-corrected chi connectivity index (χ3v) is 5.73. The molecule has 4 rings (SSSR count). The molecule has 1 unspecified atom stereocenters. The average molecular weight is 455 g/mol. The summed E-state index contributed by atoms with van der Waals surface area (Å²) in [6.07, 6.45) is -4.10. The number of nitrogens with one attached hydrogen (secondary N) is 3. The summed E-state index contributed by atoms with van der Waals surface area (Å²) in [7, 11) is 0. The van der Waals surface area contributed by atoms with Gasteiger partial charge < -0.3 is 19.9 Å². The Labute approximate surface area is 181 Å². The van der Waals surface area contributed by atoms with Crippen LogP contribution in [0.5, 0.6) is 0 Å². The van der Waals surface area contributed by atoms with Crippen molar-refractivity contribution in [3.8, 4) is 0 Å². The Morgan fingerprint density at radius 2 is 2.09 bits per heavy atom. The number of hydrogen-bond acceptors (Lipinski definition) is 6. The smallest absolute Gasteiger partial charge is 0.407 e. The molecule has 2 atom stereocenters. The summed E-state index contributed by atoms with van der Waals surface area (Å²) in [6.45, 7) is 1.76. The van der Waals surface area contributed by atoms with Crippen LogP contribution in [0.3, 0.4) is 0 Å². The van der Waals surface area contributed by atoms with E-state index < -0.39 is 30.3 Å². The Bertz CT molecular complexity index is 982. The number of nitrogens with zero attached hydrogens (tertiary/aromatic N) is 2. The van der Waals surface area contributed by atoms with E-state index in [1.807, 2.05) is 0 Å². The van der Waals surface area contributed by atoms with Crippen LogP contribution in [0.25, 0.3) is 0 Å². The minimum absolute atomic E-state index is 0.0350. The molecule has 2 aromatic heterocycles. The molecule has 0 saturated heterocycles. The van der Waals surface area contributed by atoms with Crippen molar-refractivity contribution in [2.45, 2.75) is 75.6 Å².